The van der Waals surface area contributed by atoms with Crippen molar-refractivity contribution >= 4 is 33.4 Å². The lowest BCUT2D eigenvalue weighted by molar-refractivity contribution is 0.0956. The standard InChI is InChI=1S/C19H22N2O3S2/c22-19(20-12-14-25-18-6-2-1-3-7-18)16-8-10-17(11-9-16)21-13-4-5-15-26(21,23)24/h1-3,6-11H,4-5,12-15H2,(H,20,22). The summed E-state index contributed by atoms with van der Waals surface area (Å²) in [6, 6.07) is 16.8. The molecule has 1 saturated heterocycles. The van der Waals surface area contributed by atoms with Gasteiger partial charge in [0.25, 0.3) is 5.91 Å². The Hall–Kier alpha value is -1.99. The molecule has 3 rings (SSSR count). The molecule has 2 aromatic carbocycles. The maximum atomic E-state index is 12.2. The van der Waals surface area contributed by atoms with E-state index in [1.165, 1.54) is 9.20 Å². The number of rotatable bonds is 6. The average Bonchev–Trinajstić information content (AvgIpc) is 2.66. The number of carbonyl (C=O) groups is 1. The molecule has 0 radical (unpaired) electrons. The van der Waals surface area contributed by atoms with Gasteiger partial charge in [-0.05, 0) is 49.2 Å². The molecule has 2 aromatic rings. The number of thioether (sulfide) groups is 1. The second-order valence-corrected chi connectivity index (χ2v) is 9.24. The van der Waals surface area contributed by atoms with E-state index in [9.17, 15) is 13.2 Å². The van der Waals surface area contributed by atoms with E-state index in [1.807, 2.05) is 30.3 Å². The number of benzene rings is 2. The minimum atomic E-state index is -3.22. The lowest BCUT2D eigenvalue weighted by Gasteiger charge is -2.28. The number of sulfonamides is 1. The number of anilines is 1. The van der Waals surface area contributed by atoms with Crippen LogP contribution in [-0.2, 0) is 10.0 Å². The highest BCUT2D eigenvalue weighted by atomic mass is 32.2. The molecular weight excluding hydrogens is 368 g/mol. The van der Waals surface area contributed by atoms with Crippen molar-refractivity contribution in [3.8, 4) is 0 Å². The highest BCUT2D eigenvalue weighted by Gasteiger charge is 2.25. The van der Waals surface area contributed by atoms with Crippen LogP contribution in [0.15, 0.2) is 59.5 Å². The number of hydrogen-bond donors (Lipinski definition) is 1. The minimum absolute atomic E-state index is 0.147. The summed E-state index contributed by atoms with van der Waals surface area (Å²) in [5.41, 5.74) is 1.16. The Morgan fingerprint density at radius 1 is 1.04 bits per heavy atom. The Morgan fingerprint density at radius 3 is 2.46 bits per heavy atom. The predicted molar refractivity (Wildman–Crippen MR) is 106 cm³/mol. The van der Waals surface area contributed by atoms with Gasteiger partial charge in [0.05, 0.1) is 11.4 Å². The van der Waals surface area contributed by atoms with Crippen LogP contribution in [-0.4, -0.2) is 38.9 Å². The second kappa shape index (κ2) is 8.60. The van der Waals surface area contributed by atoms with Crippen LogP contribution < -0.4 is 9.62 Å². The van der Waals surface area contributed by atoms with Gasteiger partial charge >= 0.3 is 0 Å². The number of carbonyl (C=O) groups excluding carboxylic acids is 1. The smallest absolute Gasteiger partial charge is 0.251 e. The Morgan fingerprint density at radius 2 is 1.77 bits per heavy atom. The highest BCUT2D eigenvalue weighted by molar-refractivity contribution is 7.99. The molecule has 1 heterocycles. The van der Waals surface area contributed by atoms with Crippen molar-refractivity contribution in [1.82, 2.24) is 5.32 Å². The zero-order chi connectivity index (χ0) is 18.4. The Bertz CT molecular complexity index is 837. The maximum Gasteiger partial charge on any atom is 0.251 e. The molecule has 26 heavy (non-hydrogen) atoms. The van der Waals surface area contributed by atoms with Crippen molar-refractivity contribution in [1.29, 1.82) is 0 Å². The molecule has 0 aliphatic carbocycles. The van der Waals surface area contributed by atoms with Gasteiger partial charge in [-0.3, -0.25) is 9.10 Å². The van der Waals surface area contributed by atoms with Crippen LogP contribution in [0.5, 0.6) is 0 Å². The SMILES string of the molecule is O=C(NCCSc1ccccc1)c1ccc(N2CCCCS2(=O)=O)cc1. The van der Waals surface area contributed by atoms with Crippen LogP contribution in [0.1, 0.15) is 23.2 Å². The molecule has 0 atom stereocenters. The maximum absolute atomic E-state index is 12.2. The fourth-order valence-corrected chi connectivity index (χ4v) is 5.24. The monoisotopic (exact) mass is 390 g/mol. The number of hydrogen-bond acceptors (Lipinski definition) is 4. The quantitative estimate of drug-likeness (QED) is 0.608. The molecule has 1 aliphatic rings. The fourth-order valence-electron chi connectivity index (χ4n) is 2.81. The molecule has 5 nitrogen and oxygen atoms in total. The van der Waals surface area contributed by atoms with Crippen molar-refractivity contribution in [2.45, 2.75) is 17.7 Å². The molecule has 1 fully saturated rings. The van der Waals surface area contributed by atoms with E-state index in [1.54, 1.807) is 36.0 Å². The zero-order valence-electron chi connectivity index (χ0n) is 14.4. The third-order valence-corrected chi connectivity index (χ3v) is 7.05. The summed E-state index contributed by atoms with van der Waals surface area (Å²) in [4.78, 5) is 13.4. The number of nitrogens with zero attached hydrogens (tertiary/aromatic N) is 1. The van der Waals surface area contributed by atoms with Crippen molar-refractivity contribution in [3.05, 3.63) is 60.2 Å². The van der Waals surface area contributed by atoms with Gasteiger partial charge in [0, 0.05) is 29.3 Å². The first-order valence-corrected chi connectivity index (χ1v) is 11.2. The van der Waals surface area contributed by atoms with Crippen molar-refractivity contribution < 1.29 is 13.2 Å². The first-order chi connectivity index (χ1) is 12.6. The Kier molecular flexibility index (Phi) is 6.21. The summed E-state index contributed by atoms with van der Waals surface area (Å²) < 4.78 is 25.7. The van der Waals surface area contributed by atoms with Gasteiger partial charge in [-0.15, -0.1) is 11.8 Å². The van der Waals surface area contributed by atoms with Gasteiger partial charge in [0.1, 0.15) is 0 Å². The van der Waals surface area contributed by atoms with E-state index in [0.717, 1.165) is 12.2 Å². The van der Waals surface area contributed by atoms with Crippen molar-refractivity contribution in [3.63, 3.8) is 0 Å². The molecule has 0 saturated carbocycles. The Labute approximate surface area is 158 Å². The molecular formula is C19H22N2O3S2. The van der Waals surface area contributed by atoms with E-state index < -0.39 is 10.0 Å². The van der Waals surface area contributed by atoms with Gasteiger partial charge in [-0.2, -0.15) is 0 Å². The molecule has 1 aliphatic heterocycles. The normalized spacial score (nSPS) is 16.2. The van der Waals surface area contributed by atoms with Crippen LogP contribution >= 0.6 is 11.8 Å². The summed E-state index contributed by atoms with van der Waals surface area (Å²) in [5, 5.41) is 2.89. The molecule has 0 unspecified atom stereocenters. The first kappa shape index (κ1) is 18.8. The van der Waals surface area contributed by atoms with E-state index in [0.29, 0.717) is 30.8 Å². The van der Waals surface area contributed by atoms with Gasteiger partial charge in [0.2, 0.25) is 10.0 Å². The largest absolute Gasteiger partial charge is 0.351 e. The highest BCUT2D eigenvalue weighted by Crippen LogP contribution is 2.23. The fraction of sp³-hybridized carbons (Fsp3) is 0.316. The molecule has 0 aromatic heterocycles. The molecule has 7 heteroatoms. The molecule has 1 amide bonds. The topological polar surface area (TPSA) is 66.5 Å². The number of nitrogens with one attached hydrogen (secondary N) is 1. The molecule has 0 spiro atoms. The summed E-state index contributed by atoms with van der Waals surface area (Å²) in [6.07, 6.45) is 1.57. The molecule has 138 valence electrons. The predicted octanol–water partition coefficient (Wildman–Crippen LogP) is 3.14. The lowest BCUT2D eigenvalue weighted by Crippen LogP contribution is -2.37. The van der Waals surface area contributed by atoms with E-state index in [4.69, 9.17) is 0 Å². The minimum Gasteiger partial charge on any atom is -0.351 e. The van der Waals surface area contributed by atoms with Crippen LogP contribution in [0, 0.1) is 0 Å². The van der Waals surface area contributed by atoms with Crippen molar-refractivity contribution in [2.75, 3.05) is 28.9 Å². The third-order valence-electron chi connectivity index (χ3n) is 4.17. The van der Waals surface area contributed by atoms with Gasteiger partial charge in [-0.1, -0.05) is 18.2 Å². The van der Waals surface area contributed by atoms with Crippen molar-refractivity contribution in [2.24, 2.45) is 0 Å². The zero-order valence-corrected chi connectivity index (χ0v) is 16.1. The van der Waals surface area contributed by atoms with E-state index in [-0.39, 0.29) is 11.7 Å². The van der Waals surface area contributed by atoms with Crippen LogP contribution in [0.25, 0.3) is 0 Å². The summed E-state index contributed by atoms with van der Waals surface area (Å²) >= 11 is 1.69. The van der Waals surface area contributed by atoms with Gasteiger partial charge < -0.3 is 5.32 Å². The van der Waals surface area contributed by atoms with Crippen LogP contribution in [0.2, 0.25) is 0 Å². The third kappa shape index (κ3) is 4.80. The summed E-state index contributed by atoms with van der Waals surface area (Å²) in [5.74, 6) is 0.834. The van der Waals surface area contributed by atoms with E-state index >= 15 is 0 Å². The molecule has 0 bridgehead atoms. The average molecular weight is 391 g/mol. The van der Waals surface area contributed by atoms with Gasteiger partial charge in [0.15, 0.2) is 0 Å². The van der Waals surface area contributed by atoms with Crippen LogP contribution in [0.3, 0.4) is 0 Å². The van der Waals surface area contributed by atoms with Crippen LogP contribution in [0.4, 0.5) is 5.69 Å². The summed E-state index contributed by atoms with van der Waals surface area (Å²) in [7, 11) is -3.22. The number of amides is 1. The molecule has 1 N–H and O–H groups in total. The Balaban J connectivity index is 1.52. The van der Waals surface area contributed by atoms with E-state index in [2.05, 4.69) is 5.32 Å². The summed E-state index contributed by atoms with van der Waals surface area (Å²) in [6.45, 7) is 1.07. The second-order valence-electron chi connectivity index (χ2n) is 6.06. The lowest BCUT2D eigenvalue weighted by atomic mass is 10.2. The van der Waals surface area contributed by atoms with Gasteiger partial charge in [-0.25, -0.2) is 8.42 Å². The first-order valence-electron chi connectivity index (χ1n) is 8.63.